The molecule has 6 nitrogen and oxygen atoms in total. The van der Waals surface area contributed by atoms with Gasteiger partial charge in [0.25, 0.3) is 0 Å². The lowest BCUT2D eigenvalue weighted by Gasteiger charge is -2.40. The molecule has 2 atom stereocenters. The van der Waals surface area contributed by atoms with Crippen LogP contribution < -0.4 is 0 Å². The number of hydrogen-bond donors (Lipinski definition) is 1. The second-order valence-electron chi connectivity index (χ2n) is 7.30. The quantitative estimate of drug-likeness (QED) is 0.815. The Morgan fingerprint density at radius 2 is 2.08 bits per heavy atom. The smallest absolute Gasteiger partial charge is 0.239 e. The summed E-state index contributed by atoms with van der Waals surface area (Å²) in [5, 5.41) is 7.38. The van der Waals surface area contributed by atoms with E-state index >= 15 is 0 Å². The highest BCUT2D eigenvalue weighted by atomic mass is 32.1. The first-order chi connectivity index (χ1) is 12.2. The van der Waals surface area contributed by atoms with E-state index in [-0.39, 0.29) is 12.0 Å². The van der Waals surface area contributed by atoms with Gasteiger partial charge in [-0.15, -0.1) is 0 Å². The molecular formula is C18H31N5OS. The molecule has 2 aliphatic heterocycles. The molecule has 0 aromatic carbocycles. The number of amides is 1. The minimum Gasteiger partial charge on any atom is -0.341 e. The lowest BCUT2D eigenvalue weighted by atomic mass is 9.94. The number of aromatic nitrogens is 3. The van der Waals surface area contributed by atoms with E-state index < -0.39 is 0 Å². The van der Waals surface area contributed by atoms with E-state index in [1.165, 1.54) is 12.8 Å². The molecule has 3 rings (SSSR count). The SMILES string of the molecule is CCCN1CCCCC1C(=O)N1CCCC(c2n[nH]c(=S)n2CC)C1. The van der Waals surface area contributed by atoms with Gasteiger partial charge in [-0.2, -0.15) is 5.10 Å². The second kappa shape index (κ2) is 8.45. The van der Waals surface area contributed by atoms with Crippen molar-refractivity contribution in [2.75, 3.05) is 26.2 Å². The minimum atomic E-state index is 0.0828. The Balaban J connectivity index is 1.72. The van der Waals surface area contributed by atoms with Crippen molar-refractivity contribution in [3.05, 3.63) is 10.6 Å². The number of rotatable bonds is 5. The lowest BCUT2D eigenvalue weighted by molar-refractivity contribution is -0.139. The fourth-order valence-corrected chi connectivity index (χ4v) is 4.64. The Kier molecular flexibility index (Phi) is 6.28. The van der Waals surface area contributed by atoms with Crippen molar-refractivity contribution in [1.29, 1.82) is 0 Å². The van der Waals surface area contributed by atoms with Crippen molar-refractivity contribution in [3.63, 3.8) is 0 Å². The fraction of sp³-hybridized carbons (Fsp3) is 0.833. The molecule has 0 aliphatic carbocycles. The third-order valence-corrected chi connectivity index (χ3v) is 5.92. The average Bonchev–Trinajstić information content (AvgIpc) is 3.02. The van der Waals surface area contributed by atoms with Gasteiger partial charge < -0.3 is 9.47 Å². The standard InChI is InChI=1S/C18H31N5OS/c1-3-10-21-11-6-5-9-15(21)17(24)22-12-7-8-14(13-22)16-19-20-18(25)23(16)4-2/h14-15H,3-13H2,1-2H3,(H,20,25). The van der Waals surface area contributed by atoms with Gasteiger partial charge in [-0.3, -0.25) is 14.8 Å². The lowest BCUT2D eigenvalue weighted by Crippen LogP contribution is -2.53. The molecule has 0 radical (unpaired) electrons. The normalized spacial score (nSPS) is 25.3. The van der Waals surface area contributed by atoms with Gasteiger partial charge in [0.1, 0.15) is 5.82 Å². The fourth-order valence-electron chi connectivity index (χ4n) is 4.37. The third kappa shape index (κ3) is 3.97. The Bertz CT molecular complexity index is 638. The summed E-state index contributed by atoms with van der Waals surface area (Å²) in [6.45, 7) is 8.85. The molecule has 3 heterocycles. The Hall–Kier alpha value is -1.21. The number of carbonyl (C=O) groups is 1. The summed E-state index contributed by atoms with van der Waals surface area (Å²) in [4.78, 5) is 17.7. The zero-order chi connectivity index (χ0) is 17.8. The van der Waals surface area contributed by atoms with Gasteiger partial charge in [0.2, 0.25) is 5.91 Å². The summed E-state index contributed by atoms with van der Waals surface area (Å²) in [6, 6.07) is 0.0828. The van der Waals surface area contributed by atoms with Crippen LogP contribution in [0.25, 0.3) is 0 Å². The van der Waals surface area contributed by atoms with Gasteiger partial charge in [-0.1, -0.05) is 13.3 Å². The molecule has 2 saturated heterocycles. The molecule has 2 aliphatic rings. The van der Waals surface area contributed by atoms with E-state index in [9.17, 15) is 4.79 Å². The summed E-state index contributed by atoms with van der Waals surface area (Å²) in [5.41, 5.74) is 0. The summed E-state index contributed by atoms with van der Waals surface area (Å²) in [5.74, 6) is 1.63. The highest BCUT2D eigenvalue weighted by molar-refractivity contribution is 7.71. The monoisotopic (exact) mass is 365 g/mol. The molecule has 1 amide bonds. The van der Waals surface area contributed by atoms with Crippen molar-refractivity contribution in [2.24, 2.45) is 0 Å². The number of H-pyrrole nitrogens is 1. The molecule has 140 valence electrons. The van der Waals surface area contributed by atoms with Gasteiger partial charge in [0, 0.05) is 25.6 Å². The van der Waals surface area contributed by atoms with Crippen LogP contribution in [0.5, 0.6) is 0 Å². The number of carbonyl (C=O) groups excluding carboxylic acids is 1. The maximum atomic E-state index is 13.2. The van der Waals surface area contributed by atoms with Crippen molar-refractivity contribution in [2.45, 2.75) is 70.9 Å². The zero-order valence-corrected chi connectivity index (χ0v) is 16.4. The number of aromatic amines is 1. The number of hydrogen-bond acceptors (Lipinski definition) is 4. The molecule has 1 N–H and O–H groups in total. The maximum Gasteiger partial charge on any atom is 0.239 e. The van der Waals surface area contributed by atoms with Crippen LogP contribution in [0.3, 0.4) is 0 Å². The molecule has 1 aromatic heterocycles. The zero-order valence-electron chi connectivity index (χ0n) is 15.5. The topological polar surface area (TPSA) is 57.2 Å². The first kappa shape index (κ1) is 18.6. The van der Waals surface area contributed by atoms with E-state index in [0.717, 1.165) is 64.2 Å². The van der Waals surface area contributed by atoms with Gasteiger partial charge in [-0.05, 0) is 64.3 Å². The van der Waals surface area contributed by atoms with Gasteiger partial charge in [-0.25, -0.2) is 0 Å². The predicted octanol–water partition coefficient (Wildman–Crippen LogP) is 2.93. The Labute approximate surface area is 155 Å². The molecule has 7 heteroatoms. The summed E-state index contributed by atoms with van der Waals surface area (Å²) in [7, 11) is 0. The van der Waals surface area contributed by atoms with Crippen LogP contribution in [-0.2, 0) is 11.3 Å². The molecule has 0 spiro atoms. The molecule has 2 fully saturated rings. The van der Waals surface area contributed by atoms with Crippen molar-refractivity contribution >= 4 is 18.1 Å². The van der Waals surface area contributed by atoms with Gasteiger partial charge in [0.15, 0.2) is 4.77 Å². The molecule has 0 saturated carbocycles. The van der Waals surface area contributed by atoms with Crippen LogP contribution in [0.15, 0.2) is 0 Å². The van der Waals surface area contributed by atoms with Gasteiger partial charge >= 0.3 is 0 Å². The van der Waals surface area contributed by atoms with Crippen molar-refractivity contribution in [1.82, 2.24) is 24.6 Å². The molecule has 0 bridgehead atoms. The van der Waals surface area contributed by atoms with Crippen LogP contribution in [0, 0.1) is 4.77 Å². The van der Waals surface area contributed by atoms with Crippen LogP contribution in [-0.4, -0.2) is 62.7 Å². The van der Waals surface area contributed by atoms with E-state index in [4.69, 9.17) is 12.2 Å². The summed E-state index contributed by atoms with van der Waals surface area (Å²) >= 11 is 5.33. The highest BCUT2D eigenvalue weighted by Crippen LogP contribution is 2.28. The average molecular weight is 366 g/mol. The number of likely N-dealkylation sites (tertiary alicyclic amines) is 2. The van der Waals surface area contributed by atoms with E-state index in [0.29, 0.717) is 10.7 Å². The van der Waals surface area contributed by atoms with E-state index in [1.54, 1.807) is 0 Å². The number of nitrogens with one attached hydrogen (secondary N) is 1. The van der Waals surface area contributed by atoms with E-state index in [1.807, 2.05) is 0 Å². The summed E-state index contributed by atoms with van der Waals surface area (Å²) in [6.07, 6.45) is 6.62. The molecule has 25 heavy (non-hydrogen) atoms. The Morgan fingerprint density at radius 3 is 2.84 bits per heavy atom. The van der Waals surface area contributed by atoms with Crippen LogP contribution in [0.4, 0.5) is 0 Å². The maximum absolute atomic E-state index is 13.2. The van der Waals surface area contributed by atoms with Crippen LogP contribution in [0.2, 0.25) is 0 Å². The number of nitrogens with zero attached hydrogens (tertiary/aromatic N) is 4. The summed E-state index contributed by atoms with van der Waals surface area (Å²) < 4.78 is 2.75. The molecule has 2 unspecified atom stereocenters. The predicted molar refractivity (Wildman–Crippen MR) is 101 cm³/mol. The Morgan fingerprint density at radius 1 is 1.24 bits per heavy atom. The van der Waals surface area contributed by atoms with Gasteiger partial charge in [0.05, 0.1) is 6.04 Å². The van der Waals surface area contributed by atoms with Crippen molar-refractivity contribution in [3.8, 4) is 0 Å². The number of piperidine rings is 2. The first-order valence-electron chi connectivity index (χ1n) is 9.83. The molecular weight excluding hydrogens is 334 g/mol. The van der Waals surface area contributed by atoms with Crippen molar-refractivity contribution < 1.29 is 4.79 Å². The largest absolute Gasteiger partial charge is 0.341 e. The van der Waals surface area contributed by atoms with Crippen LogP contribution >= 0.6 is 12.2 Å². The van der Waals surface area contributed by atoms with E-state index in [2.05, 4.69) is 38.4 Å². The van der Waals surface area contributed by atoms with Crippen LogP contribution in [0.1, 0.15) is 64.1 Å². The third-order valence-electron chi connectivity index (χ3n) is 5.61. The molecule has 1 aromatic rings. The minimum absolute atomic E-state index is 0.0828. The first-order valence-corrected chi connectivity index (χ1v) is 10.2. The highest BCUT2D eigenvalue weighted by Gasteiger charge is 2.34. The second-order valence-corrected chi connectivity index (χ2v) is 7.69.